The van der Waals surface area contributed by atoms with Gasteiger partial charge in [0.1, 0.15) is 0 Å². The summed E-state index contributed by atoms with van der Waals surface area (Å²) in [4.78, 5) is 11.0. The monoisotopic (exact) mass is 230 g/mol. The molecule has 0 aliphatic carbocycles. The zero-order valence-corrected chi connectivity index (χ0v) is 11.0. The van der Waals surface area contributed by atoms with Crippen LogP contribution in [0, 0.1) is 17.8 Å². The first-order valence-electron chi connectivity index (χ1n) is 6.24. The molecule has 16 heavy (non-hydrogen) atoms. The molecule has 0 fully saturated rings. The van der Waals surface area contributed by atoms with E-state index in [0.29, 0.717) is 24.9 Å². The zero-order chi connectivity index (χ0) is 12.6. The quantitative estimate of drug-likeness (QED) is 0.619. The SMILES string of the molecule is CC(C)CCOCCC(CC(C)C)C(=O)O. The van der Waals surface area contributed by atoms with Gasteiger partial charge in [0.15, 0.2) is 0 Å². The minimum Gasteiger partial charge on any atom is -0.481 e. The van der Waals surface area contributed by atoms with Gasteiger partial charge in [0.05, 0.1) is 5.92 Å². The fraction of sp³-hybridized carbons (Fsp3) is 0.923. The highest BCUT2D eigenvalue weighted by Crippen LogP contribution is 2.15. The van der Waals surface area contributed by atoms with E-state index in [1.54, 1.807) is 0 Å². The molecular formula is C13H26O3. The van der Waals surface area contributed by atoms with Crippen molar-refractivity contribution in [2.24, 2.45) is 17.8 Å². The highest BCUT2D eigenvalue weighted by Gasteiger charge is 2.18. The van der Waals surface area contributed by atoms with Gasteiger partial charge < -0.3 is 9.84 Å². The Balaban J connectivity index is 3.64. The highest BCUT2D eigenvalue weighted by molar-refractivity contribution is 5.69. The van der Waals surface area contributed by atoms with Gasteiger partial charge in [-0.25, -0.2) is 0 Å². The van der Waals surface area contributed by atoms with Gasteiger partial charge in [0.2, 0.25) is 0 Å². The number of carbonyl (C=O) groups is 1. The van der Waals surface area contributed by atoms with Crippen molar-refractivity contribution in [3.05, 3.63) is 0 Å². The van der Waals surface area contributed by atoms with E-state index in [0.717, 1.165) is 19.4 Å². The maximum absolute atomic E-state index is 11.0. The summed E-state index contributed by atoms with van der Waals surface area (Å²) in [6.07, 6.45) is 2.41. The van der Waals surface area contributed by atoms with Gasteiger partial charge in [0.25, 0.3) is 0 Å². The molecule has 96 valence electrons. The first-order chi connectivity index (χ1) is 7.43. The molecule has 0 aliphatic rings. The molecule has 3 nitrogen and oxygen atoms in total. The van der Waals surface area contributed by atoms with Crippen molar-refractivity contribution in [1.82, 2.24) is 0 Å². The molecular weight excluding hydrogens is 204 g/mol. The van der Waals surface area contributed by atoms with Gasteiger partial charge in [-0.1, -0.05) is 27.7 Å². The van der Waals surface area contributed by atoms with Crippen LogP contribution in [0.1, 0.15) is 47.0 Å². The number of aliphatic carboxylic acids is 1. The van der Waals surface area contributed by atoms with Crippen LogP contribution in [-0.4, -0.2) is 24.3 Å². The highest BCUT2D eigenvalue weighted by atomic mass is 16.5. The number of hydrogen-bond donors (Lipinski definition) is 1. The maximum Gasteiger partial charge on any atom is 0.306 e. The Bertz CT molecular complexity index is 188. The lowest BCUT2D eigenvalue weighted by molar-refractivity contribution is -0.143. The number of carboxylic acid groups (broad SMARTS) is 1. The van der Waals surface area contributed by atoms with Crippen LogP contribution in [-0.2, 0) is 9.53 Å². The summed E-state index contributed by atoms with van der Waals surface area (Å²) in [7, 11) is 0. The van der Waals surface area contributed by atoms with Crippen LogP contribution in [0.4, 0.5) is 0 Å². The first-order valence-corrected chi connectivity index (χ1v) is 6.24. The molecule has 3 heteroatoms. The molecule has 0 amide bonds. The van der Waals surface area contributed by atoms with Crippen molar-refractivity contribution < 1.29 is 14.6 Å². The summed E-state index contributed by atoms with van der Waals surface area (Å²) < 4.78 is 5.44. The average Bonchev–Trinajstić information content (AvgIpc) is 2.14. The lowest BCUT2D eigenvalue weighted by Gasteiger charge is -2.14. The predicted octanol–water partition coefficient (Wildman–Crippen LogP) is 3.19. The Kier molecular flexibility index (Phi) is 8.26. The summed E-state index contributed by atoms with van der Waals surface area (Å²) in [6.45, 7) is 9.72. The lowest BCUT2D eigenvalue weighted by Crippen LogP contribution is -2.18. The summed E-state index contributed by atoms with van der Waals surface area (Å²) >= 11 is 0. The van der Waals surface area contributed by atoms with Crippen LogP contribution in [0.5, 0.6) is 0 Å². The smallest absolute Gasteiger partial charge is 0.306 e. The van der Waals surface area contributed by atoms with Crippen LogP contribution >= 0.6 is 0 Å². The van der Waals surface area contributed by atoms with Crippen molar-refractivity contribution in [3.63, 3.8) is 0 Å². The molecule has 0 bridgehead atoms. The third-order valence-electron chi connectivity index (χ3n) is 2.56. The molecule has 1 atom stereocenters. The van der Waals surface area contributed by atoms with E-state index in [1.165, 1.54) is 0 Å². The Morgan fingerprint density at radius 3 is 2.06 bits per heavy atom. The largest absolute Gasteiger partial charge is 0.481 e. The Morgan fingerprint density at radius 2 is 1.62 bits per heavy atom. The summed E-state index contributed by atoms with van der Waals surface area (Å²) in [6, 6.07) is 0. The van der Waals surface area contributed by atoms with Crippen molar-refractivity contribution >= 4 is 5.97 Å². The third kappa shape index (κ3) is 8.72. The van der Waals surface area contributed by atoms with Crippen molar-refractivity contribution in [2.75, 3.05) is 13.2 Å². The molecule has 0 spiro atoms. The van der Waals surface area contributed by atoms with Gasteiger partial charge in [-0.3, -0.25) is 4.79 Å². The van der Waals surface area contributed by atoms with Gasteiger partial charge >= 0.3 is 5.97 Å². The van der Waals surface area contributed by atoms with Crippen LogP contribution < -0.4 is 0 Å². The summed E-state index contributed by atoms with van der Waals surface area (Å²) in [5.41, 5.74) is 0. The van der Waals surface area contributed by atoms with Gasteiger partial charge in [-0.15, -0.1) is 0 Å². The number of hydrogen-bond acceptors (Lipinski definition) is 2. The van der Waals surface area contributed by atoms with Gasteiger partial charge in [0, 0.05) is 13.2 Å². The second-order valence-electron chi connectivity index (χ2n) is 5.25. The predicted molar refractivity (Wildman–Crippen MR) is 65.5 cm³/mol. The lowest BCUT2D eigenvalue weighted by atomic mass is 9.95. The van der Waals surface area contributed by atoms with Gasteiger partial charge in [-0.2, -0.15) is 0 Å². The van der Waals surface area contributed by atoms with Gasteiger partial charge in [-0.05, 0) is 31.1 Å². The average molecular weight is 230 g/mol. The van der Waals surface area contributed by atoms with Crippen LogP contribution in [0.25, 0.3) is 0 Å². The molecule has 0 rings (SSSR count). The molecule has 1 unspecified atom stereocenters. The van der Waals surface area contributed by atoms with Crippen molar-refractivity contribution in [1.29, 1.82) is 0 Å². The third-order valence-corrected chi connectivity index (χ3v) is 2.56. The van der Waals surface area contributed by atoms with E-state index < -0.39 is 5.97 Å². The molecule has 0 aromatic carbocycles. The fourth-order valence-corrected chi connectivity index (χ4v) is 1.56. The molecule has 0 aromatic heterocycles. The first kappa shape index (κ1) is 15.4. The van der Waals surface area contributed by atoms with E-state index in [-0.39, 0.29) is 5.92 Å². The molecule has 0 saturated carbocycles. The Labute approximate surface area is 99.2 Å². The maximum atomic E-state index is 11.0. The Hall–Kier alpha value is -0.570. The number of ether oxygens (including phenoxy) is 1. The molecule has 0 radical (unpaired) electrons. The second kappa shape index (κ2) is 8.57. The summed E-state index contributed by atoms with van der Waals surface area (Å²) in [5.74, 6) is 0.128. The topological polar surface area (TPSA) is 46.5 Å². The Morgan fingerprint density at radius 1 is 1.06 bits per heavy atom. The van der Waals surface area contributed by atoms with Crippen LogP contribution in [0.15, 0.2) is 0 Å². The molecule has 0 heterocycles. The molecule has 1 N–H and O–H groups in total. The van der Waals surface area contributed by atoms with E-state index in [9.17, 15) is 4.79 Å². The van der Waals surface area contributed by atoms with E-state index in [1.807, 2.05) is 0 Å². The number of rotatable bonds is 9. The number of carboxylic acids is 1. The standard InChI is InChI=1S/C13H26O3/c1-10(2)5-7-16-8-6-12(13(14)15)9-11(3)4/h10-12H,5-9H2,1-4H3,(H,14,15). The fourth-order valence-electron chi connectivity index (χ4n) is 1.56. The van der Waals surface area contributed by atoms with E-state index >= 15 is 0 Å². The van der Waals surface area contributed by atoms with Crippen LogP contribution in [0.3, 0.4) is 0 Å². The van der Waals surface area contributed by atoms with Crippen molar-refractivity contribution in [3.8, 4) is 0 Å². The van der Waals surface area contributed by atoms with Crippen molar-refractivity contribution in [2.45, 2.75) is 47.0 Å². The molecule has 0 saturated heterocycles. The molecule has 0 aromatic rings. The van der Waals surface area contributed by atoms with E-state index in [2.05, 4.69) is 27.7 Å². The summed E-state index contributed by atoms with van der Waals surface area (Å²) in [5, 5.41) is 9.01. The second-order valence-corrected chi connectivity index (χ2v) is 5.25. The van der Waals surface area contributed by atoms with Crippen LogP contribution in [0.2, 0.25) is 0 Å². The minimum atomic E-state index is -0.693. The normalized spacial score (nSPS) is 13.4. The van der Waals surface area contributed by atoms with E-state index in [4.69, 9.17) is 9.84 Å². The molecule has 0 aliphatic heterocycles. The minimum absolute atomic E-state index is 0.251. The zero-order valence-electron chi connectivity index (χ0n) is 11.0.